The van der Waals surface area contributed by atoms with E-state index in [9.17, 15) is 0 Å². The zero-order chi connectivity index (χ0) is 15.0. The predicted molar refractivity (Wildman–Crippen MR) is 88.4 cm³/mol. The van der Waals surface area contributed by atoms with E-state index in [0.29, 0.717) is 19.8 Å². The van der Waals surface area contributed by atoms with Crippen LogP contribution in [-0.4, -0.2) is 12.7 Å². The Morgan fingerprint density at radius 2 is 1.41 bits per heavy atom. The van der Waals surface area contributed by atoms with Crippen LogP contribution in [0.3, 0.4) is 0 Å². The Kier molecular flexibility index (Phi) is 5.41. The molecule has 0 fully saturated rings. The molecular weight excluding hydrogens is 272 g/mol. The molecule has 0 spiro atoms. The van der Waals surface area contributed by atoms with Gasteiger partial charge in [0.05, 0.1) is 25.9 Å². The highest BCUT2D eigenvalue weighted by molar-refractivity contribution is 5.18. The Hall–Kier alpha value is -1.90. The summed E-state index contributed by atoms with van der Waals surface area (Å²) in [4.78, 5) is 0. The van der Waals surface area contributed by atoms with Gasteiger partial charge < -0.3 is 9.47 Å². The molecule has 2 aromatic carbocycles. The van der Waals surface area contributed by atoms with Crippen molar-refractivity contribution >= 4 is 0 Å². The molecule has 2 nitrogen and oxygen atoms in total. The fourth-order valence-corrected chi connectivity index (χ4v) is 2.71. The second-order valence-corrected chi connectivity index (χ2v) is 5.62. The van der Waals surface area contributed by atoms with Crippen LogP contribution in [0.2, 0.25) is 0 Å². The molecule has 0 radical (unpaired) electrons. The lowest BCUT2D eigenvalue weighted by atomic mass is 10.2. The fourth-order valence-electron chi connectivity index (χ4n) is 2.71. The van der Waals surface area contributed by atoms with Gasteiger partial charge in [0.25, 0.3) is 0 Å². The minimum absolute atomic E-state index is 0.205. The first-order valence-electron chi connectivity index (χ1n) is 7.88. The second kappa shape index (κ2) is 7.92. The summed E-state index contributed by atoms with van der Waals surface area (Å²) in [6.07, 6.45) is 4.62. The highest BCUT2D eigenvalue weighted by Crippen LogP contribution is 2.23. The quantitative estimate of drug-likeness (QED) is 0.700. The largest absolute Gasteiger partial charge is 0.372 e. The van der Waals surface area contributed by atoms with E-state index in [1.165, 1.54) is 16.7 Å². The monoisotopic (exact) mass is 294 g/mol. The number of rotatable bonds is 7. The van der Waals surface area contributed by atoms with Gasteiger partial charge in [0.15, 0.2) is 0 Å². The topological polar surface area (TPSA) is 18.5 Å². The van der Waals surface area contributed by atoms with E-state index in [1.807, 2.05) is 36.4 Å². The molecule has 0 bridgehead atoms. The van der Waals surface area contributed by atoms with E-state index in [-0.39, 0.29) is 6.10 Å². The first-order chi connectivity index (χ1) is 10.9. The maximum atomic E-state index is 6.06. The summed E-state index contributed by atoms with van der Waals surface area (Å²) in [6.45, 7) is 1.99. The van der Waals surface area contributed by atoms with Gasteiger partial charge in [0.1, 0.15) is 0 Å². The molecule has 114 valence electrons. The molecule has 0 amide bonds. The van der Waals surface area contributed by atoms with E-state index in [1.54, 1.807) is 0 Å². The summed E-state index contributed by atoms with van der Waals surface area (Å²) in [5, 5.41) is 0. The third-order valence-corrected chi connectivity index (χ3v) is 3.92. The first-order valence-corrected chi connectivity index (χ1v) is 7.88. The van der Waals surface area contributed by atoms with Crippen LogP contribution < -0.4 is 0 Å². The van der Waals surface area contributed by atoms with E-state index >= 15 is 0 Å². The Bertz CT molecular complexity index is 590. The van der Waals surface area contributed by atoms with Crippen LogP contribution in [0.1, 0.15) is 24.0 Å². The van der Waals surface area contributed by atoms with Crippen LogP contribution in [0.25, 0.3) is 0 Å². The summed E-state index contributed by atoms with van der Waals surface area (Å²) in [5.74, 6) is 0. The van der Waals surface area contributed by atoms with E-state index < -0.39 is 0 Å². The minimum Gasteiger partial charge on any atom is -0.372 e. The highest BCUT2D eigenvalue weighted by Gasteiger charge is 2.19. The number of hydrogen-bond acceptors (Lipinski definition) is 2. The van der Waals surface area contributed by atoms with Gasteiger partial charge in [-0.15, -0.1) is 0 Å². The predicted octanol–water partition coefficient (Wildman–Crippen LogP) is 4.51. The Balaban J connectivity index is 1.44. The van der Waals surface area contributed by atoms with Crippen molar-refractivity contribution in [2.75, 3.05) is 6.61 Å². The van der Waals surface area contributed by atoms with Crippen molar-refractivity contribution in [1.82, 2.24) is 0 Å². The zero-order valence-electron chi connectivity index (χ0n) is 12.8. The molecule has 0 N–H and O–H groups in total. The van der Waals surface area contributed by atoms with Crippen LogP contribution in [0.15, 0.2) is 72.3 Å². The lowest BCUT2D eigenvalue weighted by Crippen LogP contribution is -2.15. The van der Waals surface area contributed by atoms with Gasteiger partial charge in [-0.3, -0.25) is 0 Å². The standard InChI is InChI=1S/C20H22O2/c1-3-8-17(9-4-1)14-21-16-19-12-7-13-20(19)22-15-18-10-5-2-6-11-18/h1-6,8-12,20H,7,13-16H2/t20-/m1/s1. The van der Waals surface area contributed by atoms with E-state index in [4.69, 9.17) is 9.47 Å². The van der Waals surface area contributed by atoms with Crippen LogP contribution in [-0.2, 0) is 22.7 Å². The van der Waals surface area contributed by atoms with Crippen molar-refractivity contribution in [3.63, 3.8) is 0 Å². The van der Waals surface area contributed by atoms with Gasteiger partial charge >= 0.3 is 0 Å². The van der Waals surface area contributed by atoms with Crippen LogP contribution >= 0.6 is 0 Å². The molecule has 0 aliphatic heterocycles. The molecule has 3 rings (SSSR count). The van der Waals surface area contributed by atoms with E-state index in [0.717, 1.165) is 12.8 Å². The van der Waals surface area contributed by atoms with Crippen molar-refractivity contribution in [3.8, 4) is 0 Å². The normalized spacial score (nSPS) is 17.5. The van der Waals surface area contributed by atoms with Gasteiger partial charge in [0.2, 0.25) is 0 Å². The molecular formula is C20H22O2. The third kappa shape index (κ3) is 4.30. The molecule has 1 aliphatic rings. The van der Waals surface area contributed by atoms with Crippen LogP contribution in [0.5, 0.6) is 0 Å². The van der Waals surface area contributed by atoms with Crippen molar-refractivity contribution in [2.45, 2.75) is 32.2 Å². The first kappa shape index (κ1) is 15.0. The Morgan fingerprint density at radius 1 is 0.773 bits per heavy atom. The number of ether oxygens (including phenoxy) is 2. The average Bonchev–Trinajstić information content (AvgIpc) is 3.02. The lowest BCUT2D eigenvalue weighted by molar-refractivity contribution is 0.0482. The van der Waals surface area contributed by atoms with Gasteiger partial charge in [-0.25, -0.2) is 0 Å². The molecule has 0 aromatic heterocycles. The van der Waals surface area contributed by atoms with E-state index in [2.05, 4.69) is 30.3 Å². The summed E-state index contributed by atoms with van der Waals surface area (Å²) in [6, 6.07) is 20.6. The molecule has 0 saturated heterocycles. The van der Waals surface area contributed by atoms with Crippen molar-refractivity contribution in [3.05, 3.63) is 83.4 Å². The zero-order valence-corrected chi connectivity index (χ0v) is 12.8. The van der Waals surface area contributed by atoms with Gasteiger partial charge in [-0.1, -0.05) is 66.7 Å². The minimum atomic E-state index is 0.205. The van der Waals surface area contributed by atoms with Crippen LogP contribution in [0.4, 0.5) is 0 Å². The number of benzene rings is 2. The number of allylic oxidation sites excluding steroid dienone is 1. The lowest BCUT2D eigenvalue weighted by Gasteiger charge is -2.16. The molecule has 1 aliphatic carbocycles. The molecule has 0 heterocycles. The molecule has 1 atom stereocenters. The summed E-state index contributed by atoms with van der Waals surface area (Å²) >= 11 is 0. The fraction of sp³-hybridized carbons (Fsp3) is 0.300. The van der Waals surface area contributed by atoms with Gasteiger partial charge in [0, 0.05) is 0 Å². The summed E-state index contributed by atoms with van der Waals surface area (Å²) in [7, 11) is 0. The molecule has 0 saturated carbocycles. The SMILES string of the molecule is C1=C(COCc2ccccc2)[C@H](OCc2ccccc2)CC1. The summed E-state index contributed by atoms with van der Waals surface area (Å²) in [5.41, 5.74) is 3.72. The molecule has 0 unspecified atom stereocenters. The van der Waals surface area contributed by atoms with Gasteiger partial charge in [-0.05, 0) is 29.5 Å². The number of hydrogen-bond donors (Lipinski definition) is 0. The maximum Gasteiger partial charge on any atom is 0.0814 e. The molecule has 22 heavy (non-hydrogen) atoms. The van der Waals surface area contributed by atoms with Crippen LogP contribution in [0, 0.1) is 0 Å². The highest BCUT2D eigenvalue weighted by atomic mass is 16.5. The van der Waals surface area contributed by atoms with Crippen molar-refractivity contribution in [1.29, 1.82) is 0 Å². The maximum absolute atomic E-state index is 6.06. The second-order valence-electron chi connectivity index (χ2n) is 5.62. The third-order valence-electron chi connectivity index (χ3n) is 3.92. The summed E-state index contributed by atoms with van der Waals surface area (Å²) < 4.78 is 11.9. The van der Waals surface area contributed by atoms with Crippen molar-refractivity contribution in [2.24, 2.45) is 0 Å². The Morgan fingerprint density at radius 3 is 2.09 bits per heavy atom. The molecule has 2 heteroatoms. The van der Waals surface area contributed by atoms with Gasteiger partial charge in [-0.2, -0.15) is 0 Å². The average molecular weight is 294 g/mol. The molecule has 2 aromatic rings. The van der Waals surface area contributed by atoms with Crippen molar-refractivity contribution < 1.29 is 9.47 Å². The smallest absolute Gasteiger partial charge is 0.0814 e. The Labute approximate surface area is 132 Å².